The van der Waals surface area contributed by atoms with Gasteiger partial charge >= 0.3 is 5.97 Å². The lowest BCUT2D eigenvalue weighted by Gasteiger charge is -2.09. The van der Waals surface area contributed by atoms with Crippen LogP contribution in [0.4, 0.5) is 0 Å². The molecule has 0 aromatic heterocycles. The van der Waals surface area contributed by atoms with Crippen LogP contribution in [0.25, 0.3) is 0 Å². The van der Waals surface area contributed by atoms with Crippen LogP contribution in [0.5, 0.6) is 0 Å². The molecule has 1 rings (SSSR count). The summed E-state index contributed by atoms with van der Waals surface area (Å²) in [4.78, 5) is 23.0. The highest BCUT2D eigenvalue weighted by atomic mass is 35.5. The molecule has 0 N–H and O–H groups in total. The molecule has 0 bridgehead atoms. The lowest BCUT2D eigenvalue weighted by molar-refractivity contribution is -0.140. The van der Waals surface area contributed by atoms with Crippen molar-refractivity contribution in [2.24, 2.45) is 0 Å². The van der Waals surface area contributed by atoms with Crippen molar-refractivity contribution < 1.29 is 14.3 Å². The molecule has 98 valence electrons. The zero-order chi connectivity index (χ0) is 13.9. The quantitative estimate of drug-likeness (QED) is 0.484. The zero-order valence-corrected chi connectivity index (χ0v) is 12.1. The SMILES string of the molecule is COC(=O)CC(Cl)C(=O)c1cc(Cl)c(C)c(Cl)c1. The average Bonchev–Trinajstić information content (AvgIpc) is 2.33. The maximum Gasteiger partial charge on any atom is 0.307 e. The van der Waals surface area contributed by atoms with Gasteiger partial charge in [-0.15, -0.1) is 11.6 Å². The summed E-state index contributed by atoms with van der Waals surface area (Å²) in [5.74, 6) is -0.960. The van der Waals surface area contributed by atoms with Crippen molar-refractivity contribution in [3.8, 4) is 0 Å². The monoisotopic (exact) mass is 308 g/mol. The summed E-state index contributed by atoms with van der Waals surface area (Å²) in [7, 11) is 1.23. The Bertz CT molecular complexity index is 462. The number of benzene rings is 1. The number of alkyl halides is 1. The van der Waals surface area contributed by atoms with Crippen LogP contribution < -0.4 is 0 Å². The molecule has 1 atom stereocenters. The number of ether oxygens (including phenoxy) is 1. The maximum absolute atomic E-state index is 12.0. The fraction of sp³-hybridized carbons (Fsp3) is 0.333. The third-order valence-corrected chi connectivity index (χ3v) is 3.56. The number of methoxy groups -OCH3 is 1. The van der Waals surface area contributed by atoms with Gasteiger partial charge in [0, 0.05) is 15.6 Å². The van der Waals surface area contributed by atoms with Gasteiger partial charge in [-0.25, -0.2) is 0 Å². The Kier molecular flexibility index (Phi) is 5.45. The summed E-state index contributed by atoms with van der Waals surface area (Å²) in [5, 5.41) is -0.229. The van der Waals surface area contributed by atoms with Crippen LogP contribution in [0.1, 0.15) is 22.3 Å². The van der Waals surface area contributed by atoms with E-state index in [0.29, 0.717) is 15.6 Å². The highest BCUT2D eigenvalue weighted by Gasteiger charge is 2.22. The van der Waals surface area contributed by atoms with Gasteiger partial charge in [-0.1, -0.05) is 23.2 Å². The summed E-state index contributed by atoms with van der Waals surface area (Å²) < 4.78 is 4.45. The van der Waals surface area contributed by atoms with Gasteiger partial charge < -0.3 is 4.74 Å². The van der Waals surface area contributed by atoms with Gasteiger partial charge in [0.05, 0.1) is 13.5 Å². The molecule has 0 heterocycles. The topological polar surface area (TPSA) is 43.4 Å². The minimum atomic E-state index is -0.993. The standard InChI is InChI=1S/C12H11Cl3O3/c1-6-8(13)3-7(4-9(6)14)12(17)10(15)5-11(16)18-2/h3-4,10H,5H2,1-2H3. The number of carbonyl (C=O) groups excluding carboxylic acids is 2. The van der Waals surface area contributed by atoms with Crippen LogP contribution in [0, 0.1) is 6.92 Å². The van der Waals surface area contributed by atoms with E-state index in [4.69, 9.17) is 34.8 Å². The Hall–Kier alpha value is -0.770. The number of Topliss-reactive ketones (excluding diaryl/α,β-unsaturated/α-hetero) is 1. The minimum absolute atomic E-state index is 0.194. The van der Waals surface area contributed by atoms with E-state index in [2.05, 4.69) is 4.74 Å². The van der Waals surface area contributed by atoms with Crippen LogP contribution >= 0.6 is 34.8 Å². The molecule has 0 saturated heterocycles. The van der Waals surface area contributed by atoms with E-state index >= 15 is 0 Å². The van der Waals surface area contributed by atoms with Gasteiger partial charge in [-0.05, 0) is 24.6 Å². The fourth-order valence-corrected chi connectivity index (χ4v) is 2.03. The molecule has 0 spiro atoms. The summed E-state index contributed by atoms with van der Waals surface area (Å²) in [5.41, 5.74) is 0.966. The molecule has 0 aliphatic heterocycles. The van der Waals surface area contributed by atoms with Gasteiger partial charge in [0.15, 0.2) is 5.78 Å². The number of halogens is 3. The van der Waals surface area contributed by atoms with Crippen molar-refractivity contribution >= 4 is 46.6 Å². The van der Waals surface area contributed by atoms with E-state index in [0.717, 1.165) is 0 Å². The normalized spacial score (nSPS) is 12.1. The molecule has 6 heteroatoms. The van der Waals surface area contributed by atoms with Crippen molar-refractivity contribution in [1.82, 2.24) is 0 Å². The highest BCUT2D eigenvalue weighted by Crippen LogP contribution is 2.27. The summed E-state index contributed by atoms with van der Waals surface area (Å²) in [6.07, 6.45) is -0.194. The number of carbonyl (C=O) groups is 2. The number of hydrogen-bond acceptors (Lipinski definition) is 3. The average molecular weight is 310 g/mol. The van der Waals surface area contributed by atoms with Crippen molar-refractivity contribution in [3.05, 3.63) is 33.3 Å². The second kappa shape index (κ2) is 6.41. The van der Waals surface area contributed by atoms with Gasteiger partial charge in [0.2, 0.25) is 0 Å². The Labute approximate surface area is 120 Å². The second-order valence-electron chi connectivity index (χ2n) is 3.68. The summed E-state index contributed by atoms with van der Waals surface area (Å²) in [6, 6.07) is 2.97. The van der Waals surface area contributed by atoms with Gasteiger partial charge in [-0.2, -0.15) is 0 Å². The minimum Gasteiger partial charge on any atom is -0.469 e. The van der Waals surface area contributed by atoms with Crippen LogP contribution in [0.15, 0.2) is 12.1 Å². The van der Waals surface area contributed by atoms with E-state index in [9.17, 15) is 9.59 Å². The molecule has 1 aromatic rings. The van der Waals surface area contributed by atoms with Crippen molar-refractivity contribution in [2.45, 2.75) is 18.7 Å². The maximum atomic E-state index is 12.0. The Morgan fingerprint density at radius 3 is 2.22 bits per heavy atom. The molecule has 1 unspecified atom stereocenters. The van der Waals surface area contributed by atoms with E-state index in [-0.39, 0.29) is 12.0 Å². The van der Waals surface area contributed by atoms with E-state index in [1.165, 1.54) is 19.2 Å². The van der Waals surface area contributed by atoms with E-state index in [1.54, 1.807) is 6.92 Å². The Morgan fingerprint density at radius 1 is 1.28 bits per heavy atom. The molecule has 18 heavy (non-hydrogen) atoms. The summed E-state index contributed by atoms with van der Waals surface area (Å²) >= 11 is 17.7. The number of rotatable bonds is 4. The van der Waals surface area contributed by atoms with E-state index in [1.807, 2.05) is 0 Å². The molecule has 0 radical (unpaired) electrons. The Balaban J connectivity index is 2.94. The molecule has 0 aliphatic rings. The van der Waals surface area contributed by atoms with Crippen molar-refractivity contribution in [2.75, 3.05) is 7.11 Å². The fourth-order valence-electron chi connectivity index (χ4n) is 1.29. The molecule has 0 fully saturated rings. The zero-order valence-electron chi connectivity index (χ0n) is 9.80. The highest BCUT2D eigenvalue weighted by molar-refractivity contribution is 6.38. The van der Waals surface area contributed by atoms with Gasteiger partial charge in [0.25, 0.3) is 0 Å². The first-order valence-corrected chi connectivity index (χ1v) is 6.26. The lowest BCUT2D eigenvalue weighted by atomic mass is 10.0. The predicted molar refractivity (Wildman–Crippen MR) is 71.8 cm³/mol. The van der Waals surface area contributed by atoms with Crippen LogP contribution in [0.2, 0.25) is 10.0 Å². The molecule has 1 aromatic carbocycles. The molecular formula is C12H11Cl3O3. The largest absolute Gasteiger partial charge is 0.469 e. The molecule has 0 aliphatic carbocycles. The van der Waals surface area contributed by atoms with Crippen LogP contribution in [0.3, 0.4) is 0 Å². The third-order valence-electron chi connectivity index (χ3n) is 2.42. The Morgan fingerprint density at radius 2 is 1.78 bits per heavy atom. The second-order valence-corrected chi connectivity index (χ2v) is 5.02. The number of esters is 1. The smallest absolute Gasteiger partial charge is 0.307 e. The predicted octanol–water partition coefficient (Wildman–Crippen LogP) is 3.66. The van der Waals surface area contributed by atoms with Crippen molar-refractivity contribution in [3.63, 3.8) is 0 Å². The third kappa shape index (κ3) is 3.61. The lowest BCUT2D eigenvalue weighted by Crippen LogP contribution is -2.19. The molecule has 0 saturated carbocycles. The summed E-state index contributed by atoms with van der Waals surface area (Å²) in [6.45, 7) is 1.74. The molecular weight excluding hydrogens is 298 g/mol. The van der Waals surface area contributed by atoms with Crippen LogP contribution in [-0.4, -0.2) is 24.2 Å². The van der Waals surface area contributed by atoms with E-state index < -0.39 is 17.1 Å². The number of ketones is 1. The van der Waals surface area contributed by atoms with Gasteiger partial charge in [-0.3, -0.25) is 9.59 Å². The van der Waals surface area contributed by atoms with Gasteiger partial charge in [0.1, 0.15) is 5.38 Å². The molecule has 3 nitrogen and oxygen atoms in total. The van der Waals surface area contributed by atoms with Crippen LogP contribution in [-0.2, 0) is 9.53 Å². The molecule has 0 amide bonds. The first-order chi connectivity index (χ1) is 8.36. The number of hydrogen-bond donors (Lipinski definition) is 0. The first kappa shape index (κ1) is 15.3. The van der Waals surface area contributed by atoms with Crippen molar-refractivity contribution in [1.29, 1.82) is 0 Å². The first-order valence-electron chi connectivity index (χ1n) is 5.07.